The molecule has 0 saturated carbocycles. The molecule has 21 heavy (non-hydrogen) atoms. The van der Waals surface area contributed by atoms with Crippen molar-refractivity contribution in [2.24, 2.45) is 0 Å². The van der Waals surface area contributed by atoms with Crippen molar-refractivity contribution < 1.29 is 14.7 Å². The third-order valence-electron chi connectivity index (χ3n) is 2.53. The smallest absolute Gasteiger partial charge is 0.337 e. The van der Waals surface area contributed by atoms with Crippen molar-refractivity contribution in [3.63, 3.8) is 0 Å². The maximum absolute atomic E-state index is 11.8. The minimum absolute atomic E-state index is 0.0119. The van der Waals surface area contributed by atoms with Crippen LogP contribution in [0.1, 0.15) is 15.9 Å². The van der Waals surface area contributed by atoms with Crippen LogP contribution >= 0.6 is 0 Å². The summed E-state index contributed by atoms with van der Waals surface area (Å²) in [4.78, 5) is 26.4. The lowest BCUT2D eigenvalue weighted by Crippen LogP contribution is -2.19. The zero-order valence-electron chi connectivity index (χ0n) is 10.8. The first kappa shape index (κ1) is 14.1. The van der Waals surface area contributed by atoms with Gasteiger partial charge in [0, 0.05) is 17.4 Å². The number of hydrogen-bond donors (Lipinski definition) is 3. The fraction of sp³-hybridized carbons (Fsp3) is 0. The van der Waals surface area contributed by atoms with E-state index in [1.807, 2.05) is 0 Å². The lowest BCUT2D eigenvalue weighted by Gasteiger charge is -2.08. The number of carbonyl (C=O) groups excluding carboxylic acids is 1. The van der Waals surface area contributed by atoms with Gasteiger partial charge in [-0.05, 0) is 24.3 Å². The summed E-state index contributed by atoms with van der Waals surface area (Å²) in [7, 11) is 0. The van der Waals surface area contributed by atoms with Gasteiger partial charge in [0.1, 0.15) is 0 Å². The molecule has 2 rings (SSSR count). The monoisotopic (exact) mass is 281 g/mol. The van der Waals surface area contributed by atoms with E-state index in [0.717, 1.165) is 0 Å². The largest absolute Gasteiger partial charge is 0.478 e. The number of amides is 2. The van der Waals surface area contributed by atoms with E-state index in [2.05, 4.69) is 21.5 Å². The number of nitrogens with zero attached hydrogens (tertiary/aromatic N) is 1. The zero-order valence-corrected chi connectivity index (χ0v) is 10.8. The minimum Gasteiger partial charge on any atom is -0.478 e. The Labute approximate surface area is 120 Å². The summed E-state index contributed by atoms with van der Waals surface area (Å²) in [6, 6.07) is 7.58. The Morgan fingerprint density at radius 1 is 1.14 bits per heavy atom. The van der Waals surface area contributed by atoms with Crippen LogP contribution in [0.15, 0.2) is 42.7 Å². The van der Waals surface area contributed by atoms with E-state index in [-0.39, 0.29) is 11.3 Å². The van der Waals surface area contributed by atoms with E-state index in [1.165, 1.54) is 18.5 Å². The van der Waals surface area contributed by atoms with E-state index < -0.39 is 12.0 Å². The molecule has 3 N–H and O–H groups in total. The molecule has 1 heterocycles. The molecule has 0 atom stereocenters. The van der Waals surface area contributed by atoms with Gasteiger partial charge in [0.05, 0.1) is 17.4 Å². The SMILES string of the molecule is C#Cc1cccc(NC(=O)Nc2cncc(C(=O)O)c2)c1. The van der Waals surface area contributed by atoms with Crippen LogP contribution in [-0.4, -0.2) is 22.1 Å². The quantitative estimate of drug-likeness (QED) is 0.753. The second-order valence-corrected chi connectivity index (χ2v) is 4.07. The number of aromatic nitrogens is 1. The van der Waals surface area contributed by atoms with Crippen molar-refractivity contribution in [2.75, 3.05) is 10.6 Å². The molecule has 1 aromatic heterocycles. The molecule has 0 bridgehead atoms. The van der Waals surface area contributed by atoms with Gasteiger partial charge in [0.25, 0.3) is 0 Å². The Morgan fingerprint density at radius 2 is 1.90 bits per heavy atom. The van der Waals surface area contributed by atoms with Gasteiger partial charge in [0.15, 0.2) is 0 Å². The number of aromatic carboxylic acids is 1. The molecule has 0 saturated heterocycles. The number of nitrogens with one attached hydrogen (secondary N) is 2. The van der Waals surface area contributed by atoms with Crippen molar-refractivity contribution in [3.05, 3.63) is 53.9 Å². The molecule has 0 aliphatic heterocycles. The highest BCUT2D eigenvalue weighted by Crippen LogP contribution is 2.12. The highest BCUT2D eigenvalue weighted by Gasteiger charge is 2.07. The maximum atomic E-state index is 11.8. The van der Waals surface area contributed by atoms with Gasteiger partial charge in [-0.1, -0.05) is 12.0 Å². The molecular weight excluding hydrogens is 270 g/mol. The lowest BCUT2D eigenvalue weighted by molar-refractivity contribution is 0.0696. The number of urea groups is 1. The number of anilines is 2. The highest BCUT2D eigenvalue weighted by molar-refractivity contribution is 6.00. The number of carbonyl (C=O) groups is 2. The summed E-state index contributed by atoms with van der Waals surface area (Å²) in [6.45, 7) is 0. The van der Waals surface area contributed by atoms with Gasteiger partial charge in [-0.2, -0.15) is 0 Å². The molecule has 0 aliphatic carbocycles. The molecule has 6 nitrogen and oxygen atoms in total. The first-order valence-corrected chi connectivity index (χ1v) is 5.91. The van der Waals surface area contributed by atoms with Crippen LogP contribution in [0, 0.1) is 12.3 Å². The number of benzene rings is 1. The topological polar surface area (TPSA) is 91.3 Å². The average molecular weight is 281 g/mol. The third kappa shape index (κ3) is 3.81. The van der Waals surface area contributed by atoms with Crippen LogP contribution in [-0.2, 0) is 0 Å². The molecule has 1 aromatic carbocycles. The van der Waals surface area contributed by atoms with Crippen molar-refractivity contribution >= 4 is 23.4 Å². The fourth-order valence-electron chi connectivity index (χ4n) is 1.61. The van der Waals surface area contributed by atoms with Crippen LogP contribution in [0.25, 0.3) is 0 Å². The van der Waals surface area contributed by atoms with Crippen LogP contribution in [0.5, 0.6) is 0 Å². The molecule has 104 valence electrons. The van der Waals surface area contributed by atoms with Crippen LogP contribution in [0.2, 0.25) is 0 Å². The van der Waals surface area contributed by atoms with E-state index in [9.17, 15) is 9.59 Å². The first-order chi connectivity index (χ1) is 10.1. The highest BCUT2D eigenvalue weighted by atomic mass is 16.4. The zero-order chi connectivity index (χ0) is 15.2. The Kier molecular flexibility index (Phi) is 4.17. The summed E-state index contributed by atoms with van der Waals surface area (Å²) >= 11 is 0. The molecule has 0 spiro atoms. The Bertz CT molecular complexity index is 735. The molecule has 2 aromatic rings. The molecule has 0 unspecified atom stereocenters. The third-order valence-corrected chi connectivity index (χ3v) is 2.53. The summed E-state index contributed by atoms with van der Waals surface area (Å²) in [5.41, 5.74) is 1.44. The second kappa shape index (κ2) is 6.21. The van der Waals surface area contributed by atoms with E-state index in [0.29, 0.717) is 11.3 Å². The van der Waals surface area contributed by atoms with Gasteiger partial charge in [-0.3, -0.25) is 4.98 Å². The number of carboxylic acid groups (broad SMARTS) is 1. The Hall–Kier alpha value is -3.33. The summed E-state index contributed by atoms with van der Waals surface area (Å²) in [5.74, 6) is 1.35. The van der Waals surface area contributed by atoms with Gasteiger partial charge in [0.2, 0.25) is 0 Å². The predicted molar refractivity (Wildman–Crippen MR) is 78.2 cm³/mol. The number of terminal acetylenes is 1. The molecule has 0 fully saturated rings. The minimum atomic E-state index is -1.12. The molecule has 2 amide bonds. The summed E-state index contributed by atoms with van der Waals surface area (Å²) < 4.78 is 0. The summed E-state index contributed by atoms with van der Waals surface area (Å²) in [6.07, 6.45) is 7.82. The molecular formula is C15H11N3O3. The average Bonchev–Trinajstić information content (AvgIpc) is 2.47. The molecule has 6 heteroatoms. The number of hydrogen-bond acceptors (Lipinski definition) is 3. The van der Waals surface area contributed by atoms with Crippen molar-refractivity contribution in [1.29, 1.82) is 0 Å². The number of carboxylic acids is 1. The maximum Gasteiger partial charge on any atom is 0.337 e. The van der Waals surface area contributed by atoms with Crippen LogP contribution < -0.4 is 10.6 Å². The normalized spacial score (nSPS) is 9.48. The number of pyridine rings is 1. The van der Waals surface area contributed by atoms with Gasteiger partial charge in [-0.15, -0.1) is 6.42 Å². The van der Waals surface area contributed by atoms with Gasteiger partial charge >= 0.3 is 12.0 Å². The fourth-order valence-corrected chi connectivity index (χ4v) is 1.61. The van der Waals surface area contributed by atoms with Crippen LogP contribution in [0.4, 0.5) is 16.2 Å². The standard InChI is InChI=1S/C15H11N3O3/c1-2-10-4-3-5-12(6-10)17-15(21)18-13-7-11(14(19)20)8-16-9-13/h1,3-9H,(H,19,20)(H2,17,18,21). The van der Waals surface area contributed by atoms with E-state index in [1.54, 1.807) is 24.3 Å². The van der Waals surface area contributed by atoms with Gasteiger partial charge in [-0.25, -0.2) is 9.59 Å². The molecule has 0 aliphatic rings. The first-order valence-electron chi connectivity index (χ1n) is 5.91. The van der Waals surface area contributed by atoms with E-state index >= 15 is 0 Å². The molecule has 0 radical (unpaired) electrons. The van der Waals surface area contributed by atoms with E-state index in [4.69, 9.17) is 11.5 Å². The summed E-state index contributed by atoms with van der Waals surface area (Å²) in [5, 5.41) is 13.9. The Morgan fingerprint density at radius 3 is 2.62 bits per heavy atom. The van der Waals surface area contributed by atoms with Gasteiger partial charge < -0.3 is 15.7 Å². The second-order valence-electron chi connectivity index (χ2n) is 4.07. The number of rotatable bonds is 3. The Balaban J connectivity index is 2.06. The van der Waals surface area contributed by atoms with Crippen LogP contribution in [0.3, 0.4) is 0 Å². The predicted octanol–water partition coefficient (Wildman–Crippen LogP) is 2.41. The van der Waals surface area contributed by atoms with Crippen molar-refractivity contribution in [1.82, 2.24) is 4.98 Å². The van der Waals surface area contributed by atoms with Crippen molar-refractivity contribution in [2.45, 2.75) is 0 Å². The lowest BCUT2D eigenvalue weighted by atomic mass is 10.2. The van der Waals surface area contributed by atoms with Crippen molar-refractivity contribution in [3.8, 4) is 12.3 Å².